The maximum Gasteiger partial charge on any atom is 0.230 e. The number of anilines is 2. The Morgan fingerprint density at radius 2 is 1.61 bits per heavy atom. The maximum atomic E-state index is 13.4. The first-order valence-electron chi connectivity index (χ1n) is 10.3. The quantitative estimate of drug-likeness (QED) is 0.538. The van der Waals surface area contributed by atoms with Crippen molar-refractivity contribution in [3.63, 3.8) is 0 Å². The first kappa shape index (κ1) is 22.6. The SMILES string of the molecule is COc1ccc([C@@H]2[C@H](C(=O)Nc3ccc(F)cc3Cl)CC(=O)N2c2ccc(OC)cc2)cc1. The van der Waals surface area contributed by atoms with Crippen molar-refractivity contribution in [1.29, 1.82) is 0 Å². The summed E-state index contributed by atoms with van der Waals surface area (Å²) in [5.74, 6) is -0.449. The summed E-state index contributed by atoms with van der Waals surface area (Å²) in [4.78, 5) is 28.0. The fourth-order valence-corrected chi connectivity index (χ4v) is 4.23. The highest BCUT2D eigenvalue weighted by Gasteiger charge is 2.45. The van der Waals surface area contributed by atoms with Crippen molar-refractivity contribution in [2.45, 2.75) is 12.5 Å². The number of rotatable bonds is 6. The van der Waals surface area contributed by atoms with Crippen LogP contribution in [-0.2, 0) is 9.59 Å². The molecule has 6 nitrogen and oxygen atoms in total. The van der Waals surface area contributed by atoms with Gasteiger partial charge in [-0.2, -0.15) is 0 Å². The van der Waals surface area contributed by atoms with Gasteiger partial charge in [0.2, 0.25) is 11.8 Å². The number of nitrogens with one attached hydrogen (secondary N) is 1. The molecule has 1 heterocycles. The van der Waals surface area contributed by atoms with E-state index < -0.39 is 17.8 Å². The molecule has 1 aliphatic rings. The van der Waals surface area contributed by atoms with Gasteiger partial charge in [0, 0.05) is 12.1 Å². The van der Waals surface area contributed by atoms with Crippen LogP contribution in [0.3, 0.4) is 0 Å². The minimum atomic E-state index is -0.700. The van der Waals surface area contributed by atoms with Gasteiger partial charge in [-0.15, -0.1) is 0 Å². The van der Waals surface area contributed by atoms with Crippen molar-refractivity contribution in [2.75, 3.05) is 24.4 Å². The molecule has 1 fully saturated rings. The highest BCUT2D eigenvalue weighted by molar-refractivity contribution is 6.33. The Bertz CT molecular complexity index is 1170. The number of ether oxygens (including phenoxy) is 2. The first-order chi connectivity index (χ1) is 15.9. The minimum absolute atomic E-state index is 0.00731. The zero-order chi connectivity index (χ0) is 23.5. The van der Waals surface area contributed by atoms with Crippen LogP contribution in [0.25, 0.3) is 0 Å². The van der Waals surface area contributed by atoms with Crippen LogP contribution in [0.1, 0.15) is 18.0 Å². The molecule has 0 aromatic heterocycles. The summed E-state index contributed by atoms with van der Waals surface area (Å²) >= 11 is 6.09. The van der Waals surface area contributed by atoms with Crippen molar-refractivity contribution in [2.24, 2.45) is 5.92 Å². The van der Waals surface area contributed by atoms with Crippen LogP contribution in [0.4, 0.5) is 15.8 Å². The van der Waals surface area contributed by atoms with Crippen molar-refractivity contribution in [1.82, 2.24) is 0 Å². The number of methoxy groups -OCH3 is 2. The van der Waals surface area contributed by atoms with Crippen molar-refractivity contribution < 1.29 is 23.5 Å². The van der Waals surface area contributed by atoms with E-state index in [2.05, 4.69) is 5.32 Å². The molecular weight excluding hydrogens is 447 g/mol. The molecule has 1 aliphatic heterocycles. The average molecular weight is 469 g/mol. The number of amides is 2. The Kier molecular flexibility index (Phi) is 6.51. The molecule has 33 heavy (non-hydrogen) atoms. The normalized spacial score (nSPS) is 17.7. The molecule has 0 radical (unpaired) electrons. The lowest BCUT2D eigenvalue weighted by Crippen LogP contribution is -2.32. The Morgan fingerprint density at radius 3 is 2.18 bits per heavy atom. The lowest BCUT2D eigenvalue weighted by atomic mass is 9.92. The minimum Gasteiger partial charge on any atom is -0.497 e. The van der Waals surface area contributed by atoms with Crippen LogP contribution < -0.4 is 19.7 Å². The highest BCUT2D eigenvalue weighted by atomic mass is 35.5. The summed E-state index contributed by atoms with van der Waals surface area (Å²) in [6.45, 7) is 0. The first-order valence-corrected chi connectivity index (χ1v) is 10.6. The molecule has 0 bridgehead atoms. The number of nitrogens with zero attached hydrogens (tertiary/aromatic N) is 1. The van der Waals surface area contributed by atoms with E-state index in [1.165, 1.54) is 12.1 Å². The summed E-state index contributed by atoms with van der Waals surface area (Å²) in [5.41, 5.74) is 1.71. The fraction of sp³-hybridized carbons (Fsp3) is 0.200. The van der Waals surface area contributed by atoms with Gasteiger partial charge < -0.3 is 19.7 Å². The summed E-state index contributed by atoms with van der Waals surface area (Å²) < 4.78 is 23.9. The summed E-state index contributed by atoms with van der Waals surface area (Å²) in [6.07, 6.45) is 0.00731. The van der Waals surface area contributed by atoms with Crippen LogP contribution >= 0.6 is 11.6 Å². The molecule has 170 valence electrons. The van der Waals surface area contributed by atoms with Gasteiger partial charge in [0.05, 0.1) is 36.9 Å². The molecular formula is C25H22ClFN2O4. The maximum absolute atomic E-state index is 13.4. The lowest BCUT2D eigenvalue weighted by Gasteiger charge is -2.28. The Hall–Kier alpha value is -3.58. The highest BCUT2D eigenvalue weighted by Crippen LogP contribution is 2.43. The monoisotopic (exact) mass is 468 g/mol. The second kappa shape index (κ2) is 9.50. The smallest absolute Gasteiger partial charge is 0.230 e. The molecule has 4 rings (SSSR count). The van der Waals surface area contributed by atoms with E-state index in [4.69, 9.17) is 21.1 Å². The molecule has 0 saturated carbocycles. The van der Waals surface area contributed by atoms with Crippen LogP contribution in [0, 0.1) is 11.7 Å². The molecule has 3 aromatic rings. The van der Waals surface area contributed by atoms with E-state index in [0.717, 1.165) is 11.6 Å². The molecule has 3 aromatic carbocycles. The third kappa shape index (κ3) is 4.64. The molecule has 0 unspecified atom stereocenters. The number of halogens is 2. The number of benzene rings is 3. The number of hydrogen-bond donors (Lipinski definition) is 1. The molecule has 0 spiro atoms. The van der Waals surface area contributed by atoms with E-state index in [0.29, 0.717) is 17.2 Å². The molecule has 2 atom stereocenters. The van der Waals surface area contributed by atoms with E-state index >= 15 is 0 Å². The Morgan fingerprint density at radius 1 is 1.00 bits per heavy atom. The predicted octanol–water partition coefficient (Wildman–Crippen LogP) is 5.23. The van der Waals surface area contributed by atoms with Gasteiger partial charge >= 0.3 is 0 Å². The van der Waals surface area contributed by atoms with E-state index in [1.807, 2.05) is 12.1 Å². The number of carbonyl (C=O) groups is 2. The molecule has 1 N–H and O–H groups in total. The average Bonchev–Trinajstić information content (AvgIpc) is 3.18. The number of hydrogen-bond acceptors (Lipinski definition) is 4. The molecule has 0 aliphatic carbocycles. The standard InChI is InChI=1S/C25H22ClFN2O4/c1-32-18-8-3-15(4-9-18)24-20(25(31)28-22-12-5-16(27)13-21(22)26)14-23(30)29(24)17-6-10-19(33-2)11-7-17/h3-13,20,24H,14H2,1-2H3,(H,28,31)/t20-,24-/m1/s1. The van der Waals surface area contributed by atoms with E-state index in [1.54, 1.807) is 55.5 Å². The van der Waals surface area contributed by atoms with Crippen LogP contribution in [0.2, 0.25) is 5.02 Å². The van der Waals surface area contributed by atoms with Gasteiger partial charge in [0.1, 0.15) is 17.3 Å². The van der Waals surface area contributed by atoms with Gasteiger partial charge in [0.25, 0.3) is 0 Å². The van der Waals surface area contributed by atoms with Gasteiger partial charge in [-0.25, -0.2) is 4.39 Å². The Balaban J connectivity index is 1.71. The van der Waals surface area contributed by atoms with Crippen molar-refractivity contribution in [3.05, 3.63) is 83.1 Å². The van der Waals surface area contributed by atoms with Gasteiger partial charge in [-0.3, -0.25) is 9.59 Å². The van der Waals surface area contributed by atoms with Gasteiger partial charge in [-0.05, 0) is 60.2 Å². The fourth-order valence-electron chi connectivity index (χ4n) is 4.02. The summed E-state index contributed by atoms with van der Waals surface area (Å²) in [5, 5.41) is 2.84. The van der Waals surface area contributed by atoms with E-state index in [9.17, 15) is 14.0 Å². The zero-order valence-corrected chi connectivity index (χ0v) is 18.8. The predicted molar refractivity (Wildman–Crippen MR) is 124 cm³/mol. The molecule has 1 saturated heterocycles. The van der Waals surface area contributed by atoms with Crippen molar-refractivity contribution >= 4 is 34.8 Å². The third-order valence-electron chi connectivity index (χ3n) is 5.66. The second-order valence-electron chi connectivity index (χ2n) is 7.60. The lowest BCUT2D eigenvalue weighted by molar-refractivity contribution is -0.122. The Labute approximate surface area is 195 Å². The van der Waals surface area contributed by atoms with E-state index in [-0.39, 0.29) is 28.9 Å². The van der Waals surface area contributed by atoms with Crippen LogP contribution in [-0.4, -0.2) is 26.0 Å². The molecule has 8 heteroatoms. The second-order valence-corrected chi connectivity index (χ2v) is 8.01. The zero-order valence-electron chi connectivity index (χ0n) is 18.0. The molecule has 2 amide bonds. The van der Waals surface area contributed by atoms with Crippen molar-refractivity contribution in [3.8, 4) is 11.5 Å². The number of carbonyl (C=O) groups excluding carboxylic acids is 2. The van der Waals surface area contributed by atoms with Gasteiger partial charge in [0.15, 0.2) is 0 Å². The topological polar surface area (TPSA) is 67.9 Å². The van der Waals surface area contributed by atoms with Crippen LogP contribution in [0.15, 0.2) is 66.7 Å². The largest absolute Gasteiger partial charge is 0.497 e. The summed E-state index contributed by atoms with van der Waals surface area (Å²) in [6, 6.07) is 17.5. The third-order valence-corrected chi connectivity index (χ3v) is 5.97. The summed E-state index contributed by atoms with van der Waals surface area (Å²) in [7, 11) is 3.14. The van der Waals surface area contributed by atoms with Crippen LogP contribution in [0.5, 0.6) is 11.5 Å². The van der Waals surface area contributed by atoms with Gasteiger partial charge in [-0.1, -0.05) is 23.7 Å².